The average Bonchev–Trinajstić information content (AvgIpc) is 2.78. The van der Waals surface area contributed by atoms with Crippen LogP contribution >= 0.6 is 12.2 Å². The van der Waals surface area contributed by atoms with Gasteiger partial charge in [0.15, 0.2) is 0 Å². The molecule has 1 aromatic carbocycles. The summed E-state index contributed by atoms with van der Waals surface area (Å²) in [7, 11) is 0. The van der Waals surface area contributed by atoms with Gasteiger partial charge in [-0.05, 0) is 37.1 Å². The van der Waals surface area contributed by atoms with Gasteiger partial charge < -0.3 is 11.1 Å². The Kier molecular flexibility index (Phi) is 3.66. The molecule has 0 aromatic heterocycles. The Hall–Kier alpha value is -1.42. The number of hydrogen-bond acceptors (Lipinski definition) is 2. The van der Waals surface area contributed by atoms with Gasteiger partial charge in [0.25, 0.3) is 0 Å². The molecular formula is C14H18N2OS. The first-order chi connectivity index (χ1) is 8.51. The zero-order chi connectivity index (χ0) is 13.2. The van der Waals surface area contributed by atoms with Crippen molar-refractivity contribution in [1.82, 2.24) is 0 Å². The summed E-state index contributed by atoms with van der Waals surface area (Å²) in [5, 5.41) is 2.97. The normalized spacial score (nSPS) is 17.4. The molecule has 2 rings (SSSR count). The molecule has 18 heavy (non-hydrogen) atoms. The van der Waals surface area contributed by atoms with Crippen molar-refractivity contribution in [3.8, 4) is 0 Å². The maximum absolute atomic E-state index is 12.2. The molecule has 1 fully saturated rings. The van der Waals surface area contributed by atoms with E-state index in [2.05, 4.69) is 5.32 Å². The highest BCUT2D eigenvalue weighted by Gasteiger charge is 2.36. The van der Waals surface area contributed by atoms with Crippen molar-refractivity contribution in [2.45, 2.75) is 32.6 Å². The van der Waals surface area contributed by atoms with E-state index >= 15 is 0 Å². The van der Waals surface area contributed by atoms with Crippen molar-refractivity contribution in [2.75, 3.05) is 5.32 Å². The van der Waals surface area contributed by atoms with Gasteiger partial charge in [0.05, 0.1) is 0 Å². The third-order valence-electron chi connectivity index (χ3n) is 3.68. The maximum Gasteiger partial charge on any atom is 0.230 e. The van der Waals surface area contributed by atoms with Gasteiger partial charge in [-0.25, -0.2) is 0 Å². The lowest BCUT2D eigenvalue weighted by atomic mass is 9.88. The Bertz CT molecular complexity index is 461. The first kappa shape index (κ1) is 13.0. The molecule has 0 spiro atoms. The van der Waals surface area contributed by atoms with E-state index in [1.165, 1.54) is 0 Å². The minimum atomic E-state index is -0.207. The number of nitrogens with two attached hydrogens (primary N) is 1. The quantitative estimate of drug-likeness (QED) is 0.824. The zero-order valence-corrected chi connectivity index (χ0v) is 11.3. The Morgan fingerprint density at radius 2 is 1.83 bits per heavy atom. The number of amides is 1. The van der Waals surface area contributed by atoms with Gasteiger partial charge in [-0.2, -0.15) is 0 Å². The topological polar surface area (TPSA) is 55.1 Å². The van der Waals surface area contributed by atoms with Crippen LogP contribution in [0.25, 0.3) is 0 Å². The largest absolute Gasteiger partial charge is 0.389 e. The van der Waals surface area contributed by atoms with E-state index in [4.69, 9.17) is 18.0 Å². The molecule has 0 saturated heterocycles. The monoisotopic (exact) mass is 262 g/mol. The van der Waals surface area contributed by atoms with E-state index in [1.807, 2.05) is 31.2 Å². The van der Waals surface area contributed by atoms with Crippen molar-refractivity contribution < 1.29 is 4.79 Å². The van der Waals surface area contributed by atoms with Crippen LogP contribution in [0, 0.1) is 5.41 Å². The SMILES string of the molecule is CC1(C(=O)Nc2ccc(C(N)=S)cc2)CCCC1. The molecule has 96 valence electrons. The van der Waals surface area contributed by atoms with Gasteiger partial charge in [0, 0.05) is 16.7 Å². The summed E-state index contributed by atoms with van der Waals surface area (Å²) in [5.74, 6) is 0.114. The molecule has 3 nitrogen and oxygen atoms in total. The molecule has 0 atom stereocenters. The average molecular weight is 262 g/mol. The van der Waals surface area contributed by atoms with E-state index in [0.29, 0.717) is 4.99 Å². The van der Waals surface area contributed by atoms with E-state index in [-0.39, 0.29) is 11.3 Å². The van der Waals surface area contributed by atoms with Gasteiger partial charge in [0.2, 0.25) is 5.91 Å². The van der Waals surface area contributed by atoms with Crippen LogP contribution in [0.1, 0.15) is 38.2 Å². The number of anilines is 1. The minimum absolute atomic E-state index is 0.114. The summed E-state index contributed by atoms with van der Waals surface area (Å²) in [6.45, 7) is 2.04. The number of thiocarbonyl (C=S) groups is 1. The molecule has 0 unspecified atom stereocenters. The Morgan fingerprint density at radius 3 is 2.33 bits per heavy atom. The first-order valence-electron chi connectivity index (χ1n) is 6.23. The second-order valence-corrected chi connectivity index (χ2v) is 5.60. The predicted octanol–water partition coefficient (Wildman–Crippen LogP) is 2.84. The van der Waals surface area contributed by atoms with E-state index in [0.717, 1.165) is 36.9 Å². The number of hydrogen-bond donors (Lipinski definition) is 2. The summed E-state index contributed by atoms with van der Waals surface area (Å²) < 4.78 is 0. The van der Waals surface area contributed by atoms with Gasteiger partial charge in [0.1, 0.15) is 4.99 Å². The highest BCUT2D eigenvalue weighted by Crippen LogP contribution is 2.38. The van der Waals surface area contributed by atoms with Crippen LogP contribution in [-0.4, -0.2) is 10.9 Å². The summed E-state index contributed by atoms with van der Waals surface area (Å²) in [4.78, 5) is 12.6. The van der Waals surface area contributed by atoms with Gasteiger partial charge in [-0.3, -0.25) is 4.79 Å². The number of rotatable bonds is 3. The zero-order valence-electron chi connectivity index (χ0n) is 10.5. The second kappa shape index (κ2) is 5.06. The van der Waals surface area contributed by atoms with Crippen LogP contribution in [0.2, 0.25) is 0 Å². The van der Waals surface area contributed by atoms with E-state index < -0.39 is 0 Å². The highest BCUT2D eigenvalue weighted by molar-refractivity contribution is 7.80. The molecule has 4 heteroatoms. The molecule has 1 aliphatic carbocycles. The molecule has 3 N–H and O–H groups in total. The summed E-state index contributed by atoms with van der Waals surface area (Å²) in [5.41, 5.74) is 6.94. The molecule has 0 radical (unpaired) electrons. The van der Waals surface area contributed by atoms with Crippen LogP contribution in [0.5, 0.6) is 0 Å². The number of benzene rings is 1. The van der Waals surface area contributed by atoms with Crippen molar-refractivity contribution in [2.24, 2.45) is 11.1 Å². The summed E-state index contributed by atoms with van der Waals surface area (Å²) in [6.07, 6.45) is 4.24. The fourth-order valence-corrected chi connectivity index (χ4v) is 2.52. The van der Waals surface area contributed by atoms with Crippen molar-refractivity contribution in [3.63, 3.8) is 0 Å². The highest BCUT2D eigenvalue weighted by atomic mass is 32.1. The number of carbonyl (C=O) groups is 1. The lowest BCUT2D eigenvalue weighted by Gasteiger charge is -2.22. The van der Waals surface area contributed by atoms with Crippen molar-refractivity contribution >= 4 is 28.8 Å². The molecule has 1 aromatic rings. The fraction of sp³-hybridized carbons (Fsp3) is 0.429. The Labute approximate surface area is 113 Å². The first-order valence-corrected chi connectivity index (χ1v) is 6.63. The van der Waals surface area contributed by atoms with Gasteiger partial charge >= 0.3 is 0 Å². The summed E-state index contributed by atoms with van der Waals surface area (Å²) in [6, 6.07) is 7.33. The van der Waals surface area contributed by atoms with E-state index in [9.17, 15) is 4.79 Å². The predicted molar refractivity (Wildman–Crippen MR) is 77.5 cm³/mol. The number of carbonyl (C=O) groups excluding carboxylic acids is 1. The number of nitrogens with one attached hydrogen (secondary N) is 1. The van der Waals surface area contributed by atoms with E-state index in [1.54, 1.807) is 0 Å². The third kappa shape index (κ3) is 2.70. The molecular weight excluding hydrogens is 244 g/mol. The smallest absolute Gasteiger partial charge is 0.230 e. The molecule has 0 aliphatic heterocycles. The summed E-state index contributed by atoms with van der Waals surface area (Å²) >= 11 is 4.89. The van der Waals surface area contributed by atoms with Crippen LogP contribution < -0.4 is 11.1 Å². The maximum atomic E-state index is 12.2. The Morgan fingerprint density at radius 1 is 1.28 bits per heavy atom. The Balaban J connectivity index is 2.05. The van der Waals surface area contributed by atoms with Crippen molar-refractivity contribution in [1.29, 1.82) is 0 Å². The van der Waals surface area contributed by atoms with Gasteiger partial charge in [-0.1, -0.05) is 32.0 Å². The van der Waals surface area contributed by atoms with Crippen LogP contribution in [-0.2, 0) is 4.79 Å². The standard InChI is InChI=1S/C14H18N2OS/c1-14(8-2-3-9-14)13(17)16-11-6-4-10(5-7-11)12(15)18/h4-7H,2-3,8-9H2,1H3,(H2,15,18)(H,16,17). The molecule has 1 saturated carbocycles. The van der Waals surface area contributed by atoms with Crippen LogP contribution in [0.4, 0.5) is 5.69 Å². The van der Waals surface area contributed by atoms with Gasteiger partial charge in [-0.15, -0.1) is 0 Å². The van der Waals surface area contributed by atoms with Crippen LogP contribution in [0.3, 0.4) is 0 Å². The lowest BCUT2D eigenvalue weighted by molar-refractivity contribution is -0.124. The third-order valence-corrected chi connectivity index (χ3v) is 3.92. The second-order valence-electron chi connectivity index (χ2n) is 5.16. The van der Waals surface area contributed by atoms with Crippen molar-refractivity contribution in [3.05, 3.63) is 29.8 Å². The molecule has 1 amide bonds. The van der Waals surface area contributed by atoms with Crippen LogP contribution in [0.15, 0.2) is 24.3 Å². The molecule has 0 bridgehead atoms. The minimum Gasteiger partial charge on any atom is -0.389 e. The lowest BCUT2D eigenvalue weighted by Crippen LogP contribution is -2.30. The molecule has 1 aliphatic rings. The molecule has 0 heterocycles. The fourth-order valence-electron chi connectivity index (χ4n) is 2.38.